The van der Waals surface area contributed by atoms with E-state index in [0.29, 0.717) is 33.4 Å². The van der Waals surface area contributed by atoms with Crippen LogP contribution in [-0.2, 0) is 13.6 Å². The number of hydrogen-bond acceptors (Lipinski definition) is 8. The van der Waals surface area contributed by atoms with Gasteiger partial charge in [0.15, 0.2) is 17.0 Å². The third-order valence-corrected chi connectivity index (χ3v) is 7.76. The fourth-order valence-corrected chi connectivity index (χ4v) is 5.13. The second-order valence-electron chi connectivity index (χ2n) is 10.5. The van der Waals surface area contributed by atoms with Gasteiger partial charge >= 0.3 is 0 Å². The van der Waals surface area contributed by atoms with Crippen molar-refractivity contribution in [3.63, 3.8) is 0 Å². The lowest BCUT2D eigenvalue weighted by atomic mass is 10.1. The first-order chi connectivity index (χ1) is 20.3. The smallest absolute Gasteiger partial charge is 0.257 e. The summed E-state index contributed by atoms with van der Waals surface area (Å²) in [4.78, 5) is 36.0. The highest BCUT2D eigenvalue weighted by molar-refractivity contribution is 6.34. The average Bonchev–Trinajstić information content (AvgIpc) is 3.37. The molecule has 1 amide bonds. The van der Waals surface area contributed by atoms with Crippen molar-refractivity contribution in [2.45, 2.75) is 13.5 Å². The molecule has 4 heterocycles. The Labute approximate surface area is 249 Å². The number of rotatable bonds is 7. The number of nitrogens with zero attached hydrogens (tertiary/aromatic N) is 7. The molecule has 0 saturated carbocycles. The highest BCUT2D eigenvalue weighted by Crippen LogP contribution is 2.31. The molecular formula is C31H31ClN8O2. The van der Waals surface area contributed by atoms with Gasteiger partial charge in [0.2, 0.25) is 0 Å². The summed E-state index contributed by atoms with van der Waals surface area (Å²) in [6.07, 6.45) is 5.03. The third-order valence-electron chi connectivity index (χ3n) is 7.43. The predicted molar refractivity (Wildman–Crippen MR) is 163 cm³/mol. The van der Waals surface area contributed by atoms with Crippen LogP contribution in [0.4, 0.5) is 5.69 Å². The number of anilines is 1. The Bertz CT molecular complexity index is 1750. The molecule has 0 bridgehead atoms. The van der Waals surface area contributed by atoms with Crippen LogP contribution in [0, 0.1) is 6.92 Å². The number of imidazole rings is 1. The molecule has 1 aliphatic heterocycles. The summed E-state index contributed by atoms with van der Waals surface area (Å²) in [7, 11) is 4.01. The van der Waals surface area contributed by atoms with E-state index >= 15 is 0 Å². The van der Waals surface area contributed by atoms with Gasteiger partial charge in [-0.2, -0.15) is 4.98 Å². The Kier molecular flexibility index (Phi) is 7.84. The van der Waals surface area contributed by atoms with E-state index in [9.17, 15) is 4.79 Å². The SMILES string of the molecule is Cc1cc(NC(=O)c2cc(Oc3nc(-c4cccnc4)nc4c3ncn4C)ccc2Cl)ccc1CN1CCN(C)CC1. The number of carbonyl (C=O) groups is 1. The molecular weight excluding hydrogens is 552 g/mol. The standard InChI is InChI=1S/C31H31ClN8O2/c1-20-15-23(7-6-22(20)18-40-13-11-38(2)12-14-40)35-30(41)25-16-24(8-9-26(25)32)42-31-27-29(39(3)19-34-27)36-28(37-31)21-5-4-10-33-17-21/h4-10,15-17,19H,11-14,18H2,1-3H3,(H,35,41). The number of halogens is 1. The summed E-state index contributed by atoms with van der Waals surface area (Å²) in [6.45, 7) is 7.23. The van der Waals surface area contributed by atoms with Crippen LogP contribution in [0.5, 0.6) is 11.6 Å². The first-order valence-corrected chi connectivity index (χ1v) is 14.1. The lowest BCUT2D eigenvalue weighted by molar-refractivity contribution is 0.102. The maximum atomic E-state index is 13.3. The van der Waals surface area contributed by atoms with Crippen LogP contribution in [0.25, 0.3) is 22.6 Å². The number of likely N-dealkylation sites (N-methyl/N-ethyl adjacent to an activating group) is 1. The molecule has 3 aromatic heterocycles. The molecule has 1 N–H and O–H groups in total. The van der Waals surface area contributed by atoms with Crippen molar-refractivity contribution in [2.75, 3.05) is 38.5 Å². The summed E-state index contributed by atoms with van der Waals surface area (Å²) in [5.41, 5.74) is 5.22. The number of piperazine rings is 1. The summed E-state index contributed by atoms with van der Waals surface area (Å²) >= 11 is 6.47. The Balaban J connectivity index is 1.21. The van der Waals surface area contributed by atoms with Gasteiger partial charge in [0.25, 0.3) is 11.8 Å². The average molecular weight is 583 g/mol. The number of aryl methyl sites for hydroxylation is 2. The number of pyridine rings is 1. The number of fused-ring (bicyclic) bond motifs is 1. The van der Waals surface area contributed by atoms with E-state index in [1.165, 1.54) is 5.56 Å². The van der Waals surface area contributed by atoms with Crippen molar-refractivity contribution in [3.8, 4) is 23.0 Å². The lowest BCUT2D eigenvalue weighted by Crippen LogP contribution is -2.43. The highest BCUT2D eigenvalue weighted by atomic mass is 35.5. The maximum absolute atomic E-state index is 13.3. The van der Waals surface area contributed by atoms with E-state index < -0.39 is 0 Å². The Morgan fingerprint density at radius 2 is 1.88 bits per heavy atom. The van der Waals surface area contributed by atoms with Crippen molar-refractivity contribution in [1.29, 1.82) is 0 Å². The van der Waals surface area contributed by atoms with Gasteiger partial charge in [0.1, 0.15) is 5.75 Å². The van der Waals surface area contributed by atoms with Crippen molar-refractivity contribution in [1.82, 2.24) is 34.3 Å². The molecule has 0 unspecified atom stereocenters. The van der Waals surface area contributed by atoms with Crippen LogP contribution >= 0.6 is 11.6 Å². The first-order valence-electron chi connectivity index (χ1n) is 13.7. The molecule has 0 atom stereocenters. The van der Waals surface area contributed by atoms with Gasteiger partial charge in [-0.1, -0.05) is 17.7 Å². The van der Waals surface area contributed by atoms with E-state index in [-0.39, 0.29) is 17.4 Å². The van der Waals surface area contributed by atoms with Crippen LogP contribution in [0.1, 0.15) is 21.5 Å². The van der Waals surface area contributed by atoms with E-state index in [4.69, 9.17) is 16.3 Å². The van der Waals surface area contributed by atoms with E-state index in [1.807, 2.05) is 31.3 Å². The predicted octanol–water partition coefficient (Wildman–Crippen LogP) is 5.18. The minimum atomic E-state index is -0.335. The molecule has 6 rings (SSSR count). The summed E-state index contributed by atoms with van der Waals surface area (Å²) < 4.78 is 7.98. The Morgan fingerprint density at radius 3 is 2.64 bits per heavy atom. The molecule has 1 saturated heterocycles. The molecule has 214 valence electrons. The minimum absolute atomic E-state index is 0.264. The van der Waals surface area contributed by atoms with Crippen molar-refractivity contribution in [2.24, 2.45) is 7.05 Å². The van der Waals surface area contributed by atoms with Crippen molar-refractivity contribution < 1.29 is 9.53 Å². The number of aromatic nitrogens is 5. The van der Waals surface area contributed by atoms with Gasteiger partial charge in [-0.3, -0.25) is 14.7 Å². The quantitative estimate of drug-likeness (QED) is 0.280. The molecule has 42 heavy (non-hydrogen) atoms. The first kappa shape index (κ1) is 27.8. The van der Waals surface area contributed by atoms with E-state index in [0.717, 1.165) is 43.9 Å². The monoisotopic (exact) mass is 582 g/mol. The molecule has 5 aromatic rings. The van der Waals surface area contributed by atoms with Gasteiger partial charge < -0.3 is 19.5 Å². The van der Waals surface area contributed by atoms with Crippen LogP contribution in [0.3, 0.4) is 0 Å². The number of amides is 1. The van der Waals surface area contributed by atoms with Gasteiger partial charge in [-0.15, -0.1) is 0 Å². The number of benzene rings is 2. The molecule has 0 spiro atoms. The van der Waals surface area contributed by atoms with E-state index in [2.05, 4.69) is 55.1 Å². The number of nitrogens with one attached hydrogen (secondary N) is 1. The zero-order valence-corrected chi connectivity index (χ0v) is 24.5. The van der Waals surface area contributed by atoms with Crippen LogP contribution in [0.15, 0.2) is 67.3 Å². The van der Waals surface area contributed by atoms with Gasteiger partial charge in [-0.05, 0) is 67.6 Å². The highest BCUT2D eigenvalue weighted by Gasteiger charge is 2.19. The molecule has 1 aliphatic rings. The summed E-state index contributed by atoms with van der Waals surface area (Å²) in [5.74, 6) is 0.775. The normalized spacial score (nSPS) is 14.3. The third kappa shape index (κ3) is 5.96. The second kappa shape index (κ2) is 11.8. The van der Waals surface area contributed by atoms with Gasteiger partial charge in [0, 0.05) is 63.4 Å². The molecule has 2 aromatic carbocycles. The largest absolute Gasteiger partial charge is 0.437 e. The molecule has 1 fully saturated rings. The molecule has 11 heteroatoms. The fourth-order valence-electron chi connectivity index (χ4n) is 4.93. The summed E-state index contributed by atoms with van der Waals surface area (Å²) in [5, 5.41) is 3.29. The second-order valence-corrected chi connectivity index (χ2v) is 10.9. The molecule has 10 nitrogen and oxygen atoms in total. The van der Waals surface area contributed by atoms with Gasteiger partial charge in [-0.25, -0.2) is 9.97 Å². The van der Waals surface area contributed by atoms with Crippen LogP contribution in [-0.4, -0.2) is 73.4 Å². The maximum Gasteiger partial charge on any atom is 0.257 e. The van der Waals surface area contributed by atoms with Crippen LogP contribution < -0.4 is 10.1 Å². The van der Waals surface area contributed by atoms with Crippen molar-refractivity contribution in [3.05, 3.63) is 89.0 Å². The fraction of sp³-hybridized carbons (Fsp3) is 0.258. The number of carbonyl (C=O) groups excluding carboxylic acids is 1. The number of ether oxygens (including phenoxy) is 1. The number of hydrogen-bond donors (Lipinski definition) is 1. The molecule has 0 aliphatic carbocycles. The zero-order chi connectivity index (χ0) is 29.2. The minimum Gasteiger partial charge on any atom is -0.437 e. The summed E-state index contributed by atoms with van der Waals surface area (Å²) in [6, 6.07) is 14.6. The Hall–Kier alpha value is -4.38. The van der Waals surface area contributed by atoms with E-state index in [1.54, 1.807) is 41.5 Å². The lowest BCUT2D eigenvalue weighted by Gasteiger charge is -2.32. The van der Waals surface area contributed by atoms with Crippen LogP contribution in [0.2, 0.25) is 5.02 Å². The Morgan fingerprint density at radius 1 is 1.05 bits per heavy atom. The zero-order valence-electron chi connectivity index (χ0n) is 23.7. The van der Waals surface area contributed by atoms with Gasteiger partial charge in [0.05, 0.1) is 16.9 Å². The molecule has 0 radical (unpaired) electrons. The van der Waals surface area contributed by atoms with Crippen molar-refractivity contribution >= 4 is 34.4 Å². The topological polar surface area (TPSA) is 101 Å².